The van der Waals surface area contributed by atoms with Crippen LogP contribution in [-0.4, -0.2) is 42.1 Å². The van der Waals surface area contributed by atoms with Crippen LogP contribution >= 0.6 is 22.9 Å². The van der Waals surface area contributed by atoms with Crippen LogP contribution in [0.5, 0.6) is 0 Å². The molecule has 0 radical (unpaired) electrons. The van der Waals surface area contributed by atoms with Crippen LogP contribution in [0.1, 0.15) is 10.4 Å². The van der Waals surface area contributed by atoms with E-state index in [-0.39, 0.29) is 5.76 Å². The Morgan fingerprint density at radius 2 is 1.96 bits per heavy atom. The number of amides is 2. The summed E-state index contributed by atoms with van der Waals surface area (Å²) < 4.78 is 0. The minimum absolute atomic E-state index is 0.294. The number of carboxylic acids is 1. The Morgan fingerprint density at radius 1 is 1.30 bits per heavy atom. The maximum absolute atomic E-state index is 11.8. The van der Waals surface area contributed by atoms with E-state index in [9.17, 15) is 19.5 Å². The summed E-state index contributed by atoms with van der Waals surface area (Å²) in [5.41, 5.74) is 1.88. The molecule has 0 aliphatic rings. The summed E-state index contributed by atoms with van der Waals surface area (Å²) in [4.78, 5) is 35.9. The minimum atomic E-state index is -1.20. The Kier molecular flexibility index (Phi) is 6.59. The van der Waals surface area contributed by atoms with Crippen molar-refractivity contribution in [2.45, 2.75) is 6.92 Å². The highest BCUT2D eigenvalue weighted by Gasteiger charge is 2.23. The smallest absolute Gasteiger partial charge is 0.322 e. The Bertz CT molecular complexity index is 922. The normalized spacial score (nSPS) is 11.1. The van der Waals surface area contributed by atoms with Gasteiger partial charge in [-0.3, -0.25) is 14.4 Å². The Morgan fingerprint density at radius 3 is 2.56 bits per heavy atom. The van der Waals surface area contributed by atoms with Crippen molar-refractivity contribution >= 4 is 52.7 Å². The van der Waals surface area contributed by atoms with Gasteiger partial charge in [-0.1, -0.05) is 29.8 Å². The van der Waals surface area contributed by atoms with Crippen LogP contribution in [0.15, 0.2) is 30.3 Å². The van der Waals surface area contributed by atoms with Gasteiger partial charge < -0.3 is 20.4 Å². The number of nitrogens with zero attached hydrogens (tertiary/aromatic N) is 1. The van der Waals surface area contributed by atoms with Gasteiger partial charge in [0.25, 0.3) is 0 Å². The monoisotopic (exact) mass is 408 g/mol. The molecule has 1 aromatic heterocycles. The summed E-state index contributed by atoms with van der Waals surface area (Å²) in [5, 5.41) is 21.7. The molecule has 0 spiro atoms. The number of halogens is 1. The SMILES string of the molecule is Cc1c(-c2ccccc2Cl)sc(/C(O)=C/C(=O)NCC(=O)O)c1N(C)C=O. The highest BCUT2D eigenvalue weighted by molar-refractivity contribution is 7.17. The first-order chi connectivity index (χ1) is 12.8. The Hall–Kier alpha value is -2.84. The van der Waals surface area contributed by atoms with Gasteiger partial charge in [0.05, 0.1) is 10.6 Å². The number of carbonyl (C=O) groups is 3. The van der Waals surface area contributed by atoms with E-state index in [2.05, 4.69) is 5.32 Å². The van der Waals surface area contributed by atoms with E-state index in [1.165, 1.54) is 23.3 Å². The van der Waals surface area contributed by atoms with E-state index in [1.807, 2.05) is 12.1 Å². The lowest BCUT2D eigenvalue weighted by Crippen LogP contribution is -2.27. The zero-order valence-electron chi connectivity index (χ0n) is 14.5. The lowest BCUT2D eigenvalue weighted by Gasteiger charge is -2.13. The third-order valence-corrected chi connectivity index (χ3v) is 5.33. The third kappa shape index (κ3) is 4.66. The van der Waals surface area contributed by atoms with Gasteiger partial charge >= 0.3 is 5.97 Å². The van der Waals surface area contributed by atoms with Gasteiger partial charge in [-0.15, -0.1) is 11.3 Å². The van der Waals surface area contributed by atoms with Crippen molar-refractivity contribution in [1.29, 1.82) is 0 Å². The highest BCUT2D eigenvalue weighted by atomic mass is 35.5. The van der Waals surface area contributed by atoms with E-state index in [4.69, 9.17) is 16.7 Å². The number of anilines is 1. The second-order valence-electron chi connectivity index (χ2n) is 5.57. The zero-order valence-corrected chi connectivity index (χ0v) is 16.1. The fourth-order valence-electron chi connectivity index (χ4n) is 2.46. The molecular weight excluding hydrogens is 392 g/mol. The van der Waals surface area contributed by atoms with Crippen LogP contribution < -0.4 is 10.2 Å². The molecule has 0 aliphatic carbocycles. The molecule has 0 bridgehead atoms. The number of aliphatic hydroxyl groups excluding tert-OH is 1. The van der Waals surface area contributed by atoms with Crippen LogP contribution in [0, 0.1) is 6.92 Å². The number of aliphatic hydroxyl groups is 1. The predicted molar refractivity (Wildman–Crippen MR) is 105 cm³/mol. The molecule has 2 rings (SSSR count). The average molecular weight is 409 g/mol. The van der Waals surface area contributed by atoms with Crippen LogP contribution in [0.2, 0.25) is 5.02 Å². The fourth-order valence-corrected chi connectivity index (χ4v) is 4.05. The van der Waals surface area contributed by atoms with Crippen molar-refractivity contribution in [3.8, 4) is 10.4 Å². The number of carbonyl (C=O) groups excluding carboxylic acids is 2. The summed E-state index contributed by atoms with van der Waals surface area (Å²) in [6.07, 6.45) is 1.47. The molecule has 3 N–H and O–H groups in total. The first-order valence-electron chi connectivity index (χ1n) is 7.73. The number of rotatable bonds is 7. The molecule has 0 aliphatic heterocycles. The minimum Gasteiger partial charge on any atom is -0.506 e. The quantitative estimate of drug-likeness (QED) is 0.371. The summed E-state index contributed by atoms with van der Waals surface area (Å²) in [6, 6.07) is 7.15. The van der Waals surface area contributed by atoms with E-state index < -0.39 is 18.4 Å². The van der Waals surface area contributed by atoms with E-state index in [0.717, 1.165) is 16.5 Å². The molecular formula is C18H17ClN2O5S. The standard InChI is InChI=1S/C18H17ClN2O5S/c1-10-16(21(2)9-22)18(13(23)7-14(24)20-8-15(25)26)27-17(10)11-5-3-4-6-12(11)19/h3-7,9,23H,8H2,1-2H3,(H,20,24)(H,25,26)/b13-7-. The van der Waals surface area contributed by atoms with Gasteiger partial charge in [0, 0.05) is 28.6 Å². The fraction of sp³-hybridized carbons (Fsp3) is 0.167. The van der Waals surface area contributed by atoms with E-state index in [0.29, 0.717) is 27.6 Å². The molecule has 0 atom stereocenters. The molecule has 9 heteroatoms. The van der Waals surface area contributed by atoms with Gasteiger partial charge in [-0.05, 0) is 18.6 Å². The number of thiophene rings is 1. The second kappa shape index (κ2) is 8.70. The number of aliphatic carboxylic acids is 1. The van der Waals surface area contributed by atoms with Crippen molar-refractivity contribution in [3.05, 3.63) is 45.8 Å². The number of benzene rings is 1. The highest BCUT2D eigenvalue weighted by Crippen LogP contribution is 2.45. The molecule has 2 aromatic rings. The van der Waals surface area contributed by atoms with Gasteiger partial charge in [-0.25, -0.2) is 0 Å². The molecule has 1 aromatic carbocycles. The Balaban J connectivity index is 2.53. The van der Waals surface area contributed by atoms with Gasteiger partial charge in [0.2, 0.25) is 12.3 Å². The van der Waals surface area contributed by atoms with Crippen molar-refractivity contribution in [2.75, 3.05) is 18.5 Å². The van der Waals surface area contributed by atoms with Crippen LogP contribution in [0.4, 0.5) is 5.69 Å². The van der Waals surface area contributed by atoms with Crippen molar-refractivity contribution in [3.63, 3.8) is 0 Å². The Labute approximate surface area is 164 Å². The van der Waals surface area contributed by atoms with Gasteiger partial charge in [0.1, 0.15) is 12.3 Å². The largest absolute Gasteiger partial charge is 0.506 e. The second-order valence-corrected chi connectivity index (χ2v) is 7.00. The maximum atomic E-state index is 11.8. The van der Waals surface area contributed by atoms with E-state index in [1.54, 1.807) is 19.1 Å². The van der Waals surface area contributed by atoms with Gasteiger partial charge in [0.15, 0.2) is 0 Å². The molecule has 0 unspecified atom stereocenters. The first-order valence-corrected chi connectivity index (χ1v) is 8.92. The van der Waals surface area contributed by atoms with Crippen molar-refractivity contribution in [2.24, 2.45) is 0 Å². The molecule has 0 saturated carbocycles. The molecule has 1 heterocycles. The first kappa shape index (κ1) is 20.5. The van der Waals surface area contributed by atoms with Crippen LogP contribution in [0.3, 0.4) is 0 Å². The maximum Gasteiger partial charge on any atom is 0.322 e. The third-order valence-electron chi connectivity index (χ3n) is 3.66. The zero-order chi connectivity index (χ0) is 20.1. The van der Waals surface area contributed by atoms with E-state index >= 15 is 0 Å². The van der Waals surface area contributed by atoms with Crippen molar-refractivity contribution in [1.82, 2.24) is 5.32 Å². The molecule has 0 fully saturated rings. The summed E-state index contributed by atoms with van der Waals surface area (Å²) in [6.45, 7) is 1.21. The molecule has 27 heavy (non-hydrogen) atoms. The number of nitrogens with one attached hydrogen (secondary N) is 1. The molecule has 2 amide bonds. The summed E-state index contributed by atoms with van der Waals surface area (Å²) in [5.74, 6) is -2.35. The number of hydrogen-bond donors (Lipinski definition) is 3. The lowest BCUT2D eigenvalue weighted by molar-refractivity contribution is -0.137. The lowest BCUT2D eigenvalue weighted by atomic mass is 10.1. The summed E-state index contributed by atoms with van der Waals surface area (Å²) >= 11 is 7.44. The average Bonchev–Trinajstić information content (AvgIpc) is 2.97. The molecule has 142 valence electrons. The number of hydrogen-bond acceptors (Lipinski definition) is 5. The predicted octanol–water partition coefficient (Wildman–Crippen LogP) is 3.07. The van der Waals surface area contributed by atoms with Crippen molar-refractivity contribution < 1.29 is 24.6 Å². The molecule has 0 saturated heterocycles. The van der Waals surface area contributed by atoms with Crippen LogP contribution in [-0.2, 0) is 14.4 Å². The summed E-state index contributed by atoms with van der Waals surface area (Å²) in [7, 11) is 1.53. The molecule has 7 nitrogen and oxygen atoms in total. The topological polar surface area (TPSA) is 107 Å². The number of carboxylic acid groups (broad SMARTS) is 1. The van der Waals surface area contributed by atoms with Gasteiger partial charge in [-0.2, -0.15) is 0 Å². The van der Waals surface area contributed by atoms with Crippen LogP contribution in [0.25, 0.3) is 16.2 Å².